The van der Waals surface area contributed by atoms with Crippen LogP contribution in [-0.4, -0.2) is 28.8 Å². The molecule has 5 heteroatoms. The van der Waals surface area contributed by atoms with Gasteiger partial charge in [0.05, 0.1) is 0 Å². The summed E-state index contributed by atoms with van der Waals surface area (Å²) in [6.45, 7) is 3.73. The van der Waals surface area contributed by atoms with Crippen molar-refractivity contribution in [3.05, 3.63) is 35.4 Å². The highest BCUT2D eigenvalue weighted by molar-refractivity contribution is 5.99. The van der Waals surface area contributed by atoms with E-state index in [1.807, 2.05) is 6.92 Å². The minimum atomic E-state index is -1.03. The molecule has 1 aromatic rings. The second-order valence-corrected chi connectivity index (χ2v) is 4.86. The molecule has 1 aromatic carbocycles. The van der Waals surface area contributed by atoms with E-state index in [-0.39, 0.29) is 5.78 Å². The zero-order valence-electron chi connectivity index (χ0n) is 12.4. The molecule has 1 rings (SSSR count). The first kappa shape index (κ1) is 16.9. The predicted octanol–water partition coefficient (Wildman–Crippen LogP) is 2.65. The van der Waals surface area contributed by atoms with E-state index in [9.17, 15) is 14.4 Å². The minimum absolute atomic E-state index is 0.00770. The number of aliphatic carboxylic acids is 1. The summed E-state index contributed by atoms with van der Waals surface area (Å²) in [5.74, 6) is -1.46. The van der Waals surface area contributed by atoms with Gasteiger partial charge in [-0.2, -0.15) is 0 Å². The molecule has 0 aliphatic carbocycles. The van der Waals surface area contributed by atoms with Gasteiger partial charge in [0.25, 0.3) is 5.91 Å². The third kappa shape index (κ3) is 5.02. The van der Waals surface area contributed by atoms with Crippen molar-refractivity contribution in [2.24, 2.45) is 0 Å². The summed E-state index contributed by atoms with van der Waals surface area (Å²) >= 11 is 0. The van der Waals surface area contributed by atoms with E-state index >= 15 is 0 Å². The first-order chi connectivity index (χ1) is 9.99. The summed E-state index contributed by atoms with van der Waals surface area (Å²) < 4.78 is 0. The summed E-state index contributed by atoms with van der Waals surface area (Å²) in [6.07, 6.45) is 2.42. The number of hydrogen-bond donors (Lipinski definition) is 2. The number of carboxylic acids is 1. The molecule has 0 spiro atoms. The minimum Gasteiger partial charge on any atom is -0.480 e. The van der Waals surface area contributed by atoms with Crippen LogP contribution in [0.5, 0.6) is 0 Å². The van der Waals surface area contributed by atoms with Gasteiger partial charge in [0.1, 0.15) is 6.04 Å². The molecule has 0 radical (unpaired) electrons. The lowest BCUT2D eigenvalue weighted by Gasteiger charge is -2.14. The molecule has 5 nitrogen and oxygen atoms in total. The topological polar surface area (TPSA) is 83.5 Å². The second-order valence-electron chi connectivity index (χ2n) is 4.86. The number of carbonyl (C=O) groups excluding carboxylic acids is 2. The molecular formula is C16H21NO4. The maximum atomic E-state index is 12.0. The molecule has 0 saturated heterocycles. The number of carboxylic acid groups (broad SMARTS) is 1. The van der Waals surface area contributed by atoms with Crippen LogP contribution in [0.3, 0.4) is 0 Å². The smallest absolute Gasteiger partial charge is 0.326 e. The van der Waals surface area contributed by atoms with Gasteiger partial charge in [0.15, 0.2) is 5.78 Å². The van der Waals surface area contributed by atoms with Crippen molar-refractivity contribution in [3.8, 4) is 0 Å². The molecular weight excluding hydrogens is 270 g/mol. The van der Waals surface area contributed by atoms with Crippen LogP contribution in [0.15, 0.2) is 24.3 Å². The average molecular weight is 291 g/mol. The maximum Gasteiger partial charge on any atom is 0.326 e. The summed E-state index contributed by atoms with van der Waals surface area (Å²) in [5, 5.41) is 11.6. The summed E-state index contributed by atoms with van der Waals surface area (Å²) in [7, 11) is 0. The molecule has 114 valence electrons. The van der Waals surface area contributed by atoms with Gasteiger partial charge in [0.2, 0.25) is 0 Å². The number of hydrogen-bond acceptors (Lipinski definition) is 3. The largest absolute Gasteiger partial charge is 0.480 e. The molecule has 0 aliphatic heterocycles. The summed E-state index contributed by atoms with van der Waals surface area (Å²) in [4.78, 5) is 34.6. The van der Waals surface area contributed by atoms with E-state index in [0.29, 0.717) is 24.0 Å². The van der Waals surface area contributed by atoms with E-state index < -0.39 is 17.9 Å². The van der Waals surface area contributed by atoms with Crippen LogP contribution in [0, 0.1) is 0 Å². The van der Waals surface area contributed by atoms with Gasteiger partial charge >= 0.3 is 5.97 Å². The molecule has 0 aromatic heterocycles. The Morgan fingerprint density at radius 3 is 2.14 bits per heavy atom. The monoisotopic (exact) mass is 291 g/mol. The van der Waals surface area contributed by atoms with Crippen molar-refractivity contribution < 1.29 is 19.5 Å². The first-order valence-electron chi connectivity index (χ1n) is 7.16. The fourth-order valence-electron chi connectivity index (χ4n) is 1.92. The number of ketones is 1. The highest BCUT2D eigenvalue weighted by Gasteiger charge is 2.20. The Balaban J connectivity index is 2.73. The van der Waals surface area contributed by atoms with Gasteiger partial charge in [0, 0.05) is 17.5 Å². The molecule has 2 N–H and O–H groups in total. The van der Waals surface area contributed by atoms with Gasteiger partial charge < -0.3 is 10.4 Å². The standard InChI is InChI=1S/C16H21NO4/c1-3-5-6-13(16(20)21)17-15(19)12-9-7-11(8-10-12)14(18)4-2/h7-10,13H,3-6H2,1-2H3,(H,17,19)(H,20,21). The molecule has 0 heterocycles. The normalized spacial score (nSPS) is 11.7. The Bertz CT molecular complexity index is 508. The van der Waals surface area contributed by atoms with E-state index in [1.54, 1.807) is 19.1 Å². The first-order valence-corrected chi connectivity index (χ1v) is 7.16. The zero-order chi connectivity index (χ0) is 15.8. The lowest BCUT2D eigenvalue weighted by Crippen LogP contribution is -2.40. The Hall–Kier alpha value is -2.17. The van der Waals surface area contributed by atoms with Crippen LogP contribution >= 0.6 is 0 Å². The highest BCUT2D eigenvalue weighted by atomic mass is 16.4. The van der Waals surface area contributed by atoms with Crippen LogP contribution in [0.1, 0.15) is 60.2 Å². The van der Waals surface area contributed by atoms with Crippen molar-refractivity contribution in [3.63, 3.8) is 0 Å². The average Bonchev–Trinajstić information content (AvgIpc) is 2.50. The van der Waals surface area contributed by atoms with E-state index in [2.05, 4.69) is 5.32 Å². The van der Waals surface area contributed by atoms with Crippen LogP contribution in [0.25, 0.3) is 0 Å². The number of amides is 1. The Labute approximate surface area is 124 Å². The van der Waals surface area contributed by atoms with Gasteiger partial charge in [-0.3, -0.25) is 9.59 Å². The van der Waals surface area contributed by atoms with Gasteiger partial charge in [-0.25, -0.2) is 4.79 Å². The molecule has 0 saturated carbocycles. The number of carbonyl (C=O) groups is 3. The summed E-state index contributed by atoms with van der Waals surface area (Å²) in [5.41, 5.74) is 0.903. The third-order valence-corrected chi connectivity index (χ3v) is 3.24. The van der Waals surface area contributed by atoms with Crippen molar-refractivity contribution in [2.45, 2.75) is 45.6 Å². The van der Waals surface area contributed by atoms with Crippen molar-refractivity contribution >= 4 is 17.7 Å². The van der Waals surface area contributed by atoms with Gasteiger partial charge in [-0.05, 0) is 18.6 Å². The van der Waals surface area contributed by atoms with E-state index in [4.69, 9.17) is 5.11 Å². The summed E-state index contributed by atoms with van der Waals surface area (Å²) in [6, 6.07) is 5.37. The fraction of sp³-hybridized carbons (Fsp3) is 0.438. The molecule has 1 atom stereocenters. The fourth-order valence-corrected chi connectivity index (χ4v) is 1.92. The number of rotatable bonds is 8. The number of nitrogens with one attached hydrogen (secondary N) is 1. The van der Waals surface area contributed by atoms with Gasteiger partial charge in [-0.1, -0.05) is 38.8 Å². The van der Waals surface area contributed by atoms with Crippen molar-refractivity contribution in [1.29, 1.82) is 0 Å². The van der Waals surface area contributed by atoms with Crippen LogP contribution < -0.4 is 5.32 Å². The Morgan fingerprint density at radius 2 is 1.67 bits per heavy atom. The molecule has 1 amide bonds. The van der Waals surface area contributed by atoms with Crippen molar-refractivity contribution in [1.82, 2.24) is 5.32 Å². The Kier molecular flexibility index (Phi) is 6.59. The van der Waals surface area contributed by atoms with Crippen molar-refractivity contribution in [2.75, 3.05) is 0 Å². The van der Waals surface area contributed by atoms with Gasteiger partial charge in [-0.15, -0.1) is 0 Å². The third-order valence-electron chi connectivity index (χ3n) is 3.24. The lowest BCUT2D eigenvalue weighted by atomic mass is 10.1. The number of Topliss-reactive ketones (excluding diaryl/α,β-unsaturated/α-hetero) is 1. The molecule has 1 unspecified atom stereocenters. The zero-order valence-corrected chi connectivity index (χ0v) is 12.4. The number of unbranched alkanes of at least 4 members (excludes halogenated alkanes) is 1. The molecule has 0 aliphatic rings. The quantitative estimate of drug-likeness (QED) is 0.721. The van der Waals surface area contributed by atoms with E-state index in [0.717, 1.165) is 12.8 Å². The lowest BCUT2D eigenvalue weighted by molar-refractivity contribution is -0.139. The number of benzene rings is 1. The van der Waals surface area contributed by atoms with E-state index in [1.165, 1.54) is 12.1 Å². The van der Waals surface area contributed by atoms with Crippen LogP contribution in [0.2, 0.25) is 0 Å². The molecule has 0 bridgehead atoms. The Morgan fingerprint density at radius 1 is 1.10 bits per heavy atom. The second kappa shape index (κ2) is 8.19. The molecule has 21 heavy (non-hydrogen) atoms. The van der Waals surface area contributed by atoms with Crippen LogP contribution in [-0.2, 0) is 4.79 Å². The maximum absolute atomic E-state index is 12.0. The molecule has 0 fully saturated rings. The van der Waals surface area contributed by atoms with Crippen LogP contribution in [0.4, 0.5) is 0 Å². The predicted molar refractivity (Wildman–Crippen MR) is 79.5 cm³/mol. The highest BCUT2D eigenvalue weighted by Crippen LogP contribution is 2.08. The SMILES string of the molecule is CCCCC(NC(=O)c1ccc(C(=O)CC)cc1)C(=O)O.